The average Bonchev–Trinajstić information content (AvgIpc) is 3.04. The second-order valence-corrected chi connectivity index (χ2v) is 4.64. The molecule has 2 heterocycles. The first-order valence-corrected chi connectivity index (χ1v) is 6.65. The number of anilines is 1. The van der Waals surface area contributed by atoms with Crippen LogP contribution in [-0.4, -0.2) is 17.9 Å². The van der Waals surface area contributed by atoms with Gasteiger partial charge >= 0.3 is 0 Å². The van der Waals surface area contributed by atoms with Crippen molar-refractivity contribution in [2.45, 2.75) is 6.54 Å². The molecule has 0 unspecified atom stereocenters. The minimum absolute atomic E-state index is 0.210. The zero-order valence-electron chi connectivity index (χ0n) is 11.6. The summed E-state index contributed by atoms with van der Waals surface area (Å²) >= 11 is 0. The van der Waals surface area contributed by atoms with E-state index >= 15 is 0 Å². The Morgan fingerprint density at radius 2 is 2.14 bits per heavy atom. The SMILES string of the molecule is CNc1cc(C(=O)NCc2ccoc2)nc2ccccc12. The summed E-state index contributed by atoms with van der Waals surface area (Å²) in [5, 5.41) is 6.92. The molecule has 0 aliphatic rings. The van der Waals surface area contributed by atoms with Gasteiger partial charge in [0, 0.05) is 30.2 Å². The summed E-state index contributed by atoms with van der Waals surface area (Å²) in [6.07, 6.45) is 3.18. The van der Waals surface area contributed by atoms with Crippen LogP contribution in [0.25, 0.3) is 10.9 Å². The van der Waals surface area contributed by atoms with Crippen LogP contribution in [0.5, 0.6) is 0 Å². The molecule has 0 fully saturated rings. The van der Waals surface area contributed by atoms with Crippen LogP contribution in [0.1, 0.15) is 16.1 Å². The van der Waals surface area contributed by atoms with Crippen LogP contribution in [0.4, 0.5) is 5.69 Å². The predicted molar refractivity (Wildman–Crippen MR) is 81.2 cm³/mol. The molecule has 5 nitrogen and oxygen atoms in total. The molecule has 2 N–H and O–H groups in total. The zero-order chi connectivity index (χ0) is 14.7. The number of furan rings is 1. The van der Waals surface area contributed by atoms with E-state index in [9.17, 15) is 4.79 Å². The van der Waals surface area contributed by atoms with Crippen molar-refractivity contribution in [3.8, 4) is 0 Å². The minimum atomic E-state index is -0.210. The highest BCUT2D eigenvalue weighted by Gasteiger charge is 2.11. The van der Waals surface area contributed by atoms with Crippen LogP contribution in [0.3, 0.4) is 0 Å². The van der Waals surface area contributed by atoms with Crippen LogP contribution in [0.15, 0.2) is 53.3 Å². The number of fused-ring (bicyclic) bond motifs is 1. The van der Waals surface area contributed by atoms with Crippen molar-refractivity contribution < 1.29 is 9.21 Å². The van der Waals surface area contributed by atoms with Gasteiger partial charge in [-0.1, -0.05) is 18.2 Å². The van der Waals surface area contributed by atoms with Gasteiger partial charge in [-0.15, -0.1) is 0 Å². The zero-order valence-corrected chi connectivity index (χ0v) is 11.6. The lowest BCUT2D eigenvalue weighted by Gasteiger charge is -2.09. The number of carbonyl (C=O) groups is 1. The summed E-state index contributed by atoms with van der Waals surface area (Å²) in [6, 6.07) is 11.3. The fourth-order valence-electron chi connectivity index (χ4n) is 2.16. The third kappa shape index (κ3) is 2.72. The van der Waals surface area contributed by atoms with Crippen LogP contribution in [0.2, 0.25) is 0 Å². The maximum atomic E-state index is 12.2. The topological polar surface area (TPSA) is 67.2 Å². The molecule has 0 saturated carbocycles. The molecule has 2 aromatic heterocycles. The smallest absolute Gasteiger partial charge is 0.270 e. The molecule has 3 rings (SSSR count). The minimum Gasteiger partial charge on any atom is -0.472 e. The van der Waals surface area contributed by atoms with Gasteiger partial charge in [-0.25, -0.2) is 4.98 Å². The molecular formula is C16H15N3O2. The first kappa shape index (κ1) is 13.2. The van der Waals surface area contributed by atoms with Gasteiger partial charge in [0.1, 0.15) is 5.69 Å². The van der Waals surface area contributed by atoms with E-state index in [1.165, 1.54) is 0 Å². The van der Waals surface area contributed by atoms with Crippen LogP contribution in [-0.2, 0) is 6.54 Å². The number of amides is 1. The molecule has 0 spiro atoms. The first-order chi connectivity index (χ1) is 10.3. The Kier molecular flexibility index (Phi) is 3.55. The molecule has 1 aromatic carbocycles. The molecule has 0 radical (unpaired) electrons. The number of hydrogen-bond donors (Lipinski definition) is 2. The molecule has 1 amide bonds. The van der Waals surface area contributed by atoms with E-state index in [4.69, 9.17) is 4.42 Å². The van der Waals surface area contributed by atoms with Crippen molar-refractivity contribution in [2.75, 3.05) is 12.4 Å². The lowest BCUT2D eigenvalue weighted by Crippen LogP contribution is -2.23. The van der Waals surface area contributed by atoms with Gasteiger partial charge in [0.2, 0.25) is 0 Å². The van der Waals surface area contributed by atoms with Gasteiger partial charge in [0.25, 0.3) is 5.91 Å². The summed E-state index contributed by atoms with van der Waals surface area (Å²) < 4.78 is 4.97. The molecule has 21 heavy (non-hydrogen) atoms. The fraction of sp³-hybridized carbons (Fsp3) is 0.125. The average molecular weight is 281 g/mol. The highest BCUT2D eigenvalue weighted by Crippen LogP contribution is 2.22. The molecule has 106 valence electrons. The molecular weight excluding hydrogens is 266 g/mol. The van der Waals surface area contributed by atoms with Gasteiger partial charge in [-0.3, -0.25) is 4.79 Å². The molecule has 0 bridgehead atoms. The fourth-order valence-corrected chi connectivity index (χ4v) is 2.16. The van der Waals surface area contributed by atoms with Crippen molar-refractivity contribution >= 4 is 22.5 Å². The summed E-state index contributed by atoms with van der Waals surface area (Å²) in [5.41, 5.74) is 2.98. The van der Waals surface area contributed by atoms with E-state index in [0.717, 1.165) is 22.2 Å². The standard InChI is InChI=1S/C16H15N3O2/c1-17-14-8-15(19-13-5-3-2-4-12(13)14)16(20)18-9-11-6-7-21-10-11/h2-8,10H,9H2,1H3,(H,17,19)(H,18,20). The van der Waals surface area contributed by atoms with Gasteiger partial charge in [-0.05, 0) is 18.2 Å². The number of rotatable bonds is 4. The molecule has 0 saturated heterocycles. The highest BCUT2D eigenvalue weighted by atomic mass is 16.3. The number of para-hydroxylation sites is 1. The van der Waals surface area contributed by atoms with Crippen molar-refractivity contribution in [2.24, 2.45) is 0 Å². The molecule has 0 aliphatic carbocycles. The second-order valence-electron chi connectivity index (χ2n) is 4.64. The van der Waals surface area contributed by atoms with E-state index in [1.54, 1.807) is 18.6 Å². The summed E-state index contributed by atoms with van der Waals surface area (Å²) in [6.45, 7) is 0.415. The van der Waals surface area contributed by atoms with E-state index in [1.807, 2.05) is 37.4 Å². The Bertz CT molecular complexity index is 766. The van der Waals surface area contributed by atoms with Crippen LogP contribution >= 0.6 is 0 Å². The summed E-state index contributed by atoms with van der Waals surface area (Å²) in [5.74, 6) is -0.210. The number of hydrogen-bond acceptors (Lipinski definition) is 4. The lowest BCUT2D eigenvalue weighted by atomic mass is 10.1. The number of carbonyl (C=O) groups excluding carboxylic acids is 1. The Morgan fingerprint density at radius 1 is 1.29 bits per heavy atom. The van der Waals surface area contributed by atoms with Crippen LogP contribution < -0.4 is 10.6 Å². The number of pyridine rings is 1. The van der Waals surface area contributed by atoms with E-state index in [2.05, 4.69) is 15.6 Å². The largest absolute Gasteiger partial charge is 0.472 e. The Balaban J connectivity index is 1.87. The Morgan fingerprint density at radius 3 is 2.90 bits per heavy atom. The van der Waals surface area contributed by atoms with Crippen molar-refractivity contribution in [3.05, 3.63) is 60.2 Å². The van der Waals surface area contributed by atoms with E-state index in [0.29, 0.717) is 12.2 Å². The number of nitrogens with one attached hydrogen (secondary N) is 2. The van der Waals surface area contributed by atoms with Gasteiger partial charge < -0.3 is 15.1 Å². The van der Waals surface area contributed by atoms with Gasteiger partial charge in [0.15, 0.2) is 0 Å². The van der Waals surface area contributed by atoms with E-state index < -0.39 is 0 Å². The van der Waals surface area contributed by atoms with Crippen molar-refractivity contribution in [3.63, 3.8) is 0 Å². The normalized spacial score (nSPS) is 10.5. The maximum Gasteiger partial charge on any atom is 0.270 e. The second kappa shape index (κ2) is 5.66. The maximum absolute atomic E-state index is 12.2. The molecule has 5 heteroatoms. The first-order valence-electron chi connectivity index (χ1n) is 6.65. The monoisotopic (exact) mass is 281 g/mol. The number of benzene rings is 1. The molecule has 3 aromatic rings. The third-order valence-electron chi connectivity index (χ3n) is 3.25. The number of aromatic nitrogens is 1. The third-order valence-corrected chi connectivity index (χ3v) is 3.25. The number of nitrogens with zero attached hydrogens (tertiary/aromatic N) is 1. The summed E-state index contributed by atoms with van der Waals surface area (Å²) in [7, 11) is 1.83. The van der Waals surface area contributed by atoms with Crippen LogP contribution in [0, 0.1) is 0 Å². The van der Waals surface area contributed by atoms with Crippen molar-refractivity contribution in [1.29, 1.82) is 0 Å². The van der Waals surface area contributed by atoms with Gasteiger partial charge in [-0.2, -0.15) is 0 Å². The lowest BCUT2D eigenvalue weighted by molar-refractivity contribution is 0.0946. The molecule has 0 aliphatic heterocycles. The molecule has 0 atom stereocenters. The Labute approximate surface area is 122 Å². The Hall–Kier alpha value is -2.82. The highest BCUT2D eigenvalue weighted by molar-refractivity contribution is 5.99. The predicted octanol–water partition coefficient (Wildman–Crippen LogP) is 2.80. The summed E-state index contributed by atoms with van der Waals surface area (Å²) in [4.78, 5) is 16.6. The van der Waals surface area contributed by atoms with Crippen molar-refractivity contribution in [1.82, 2.24) is 10.3 Å². The quantitative estimate of drug-likeness (QED) is 0.771. The van der Waals surface area contributed by atoms with Gasteiger partial charge in [0.05, 0.1) is 18.0 Å². The van der Waals surface area contributed by atoms with E-state index in [-0.39, 0.29) is 5.91 Å².